The molecule has 0 spiro atoms. The number of β-amino-alcohol motifs (C(OH)–C–C–N with tert-alkyl or cyclic N) is 1. The predicted octanol–water partition coefficient (Wildman–Crippen LogP) is 0.932. The normalized spacial score (nSPS) is 20.4. The van der Waals surface area contributed by atoms with Gasteiger partial charge in [-0.2, -0.15) is 0 Å². The molecule has 1 heterocycles. The number of anilines is 2. The molecule has 0 radical (unpaired) electrons. The molecule has 2 aliphatic rings. The Bertz CT molecular complexity index is 546. The van der Waals surface area contributed by atoms with Gasteiger partial charge in [0.15, 0.2) is 0 Å². The van der Waals surface area contributed by atoms with E-state index in [9.17, 15) is 9.90 Å². The highest BCUT2D eigenvalue weighted by molar-refractivity contribution is 6.01. The summed E-state index contributed by atoms with van der Waals surface area (Å²) in [7, 11) is 3.80. The van der Waals surface area contributed by atoms with Gasteiger partial charge >= 0.3 is 0 Å². The van der Waals surface area contributed by atoms with Crippen molar-refractivity contribution in [3.8, 4) is 0 Å². The van der Waals surface area contributed by atoms with E-state index in [1.54, 1.807) is 17.0 Å². The molecule has 1 amide bonds. The first kappa shape index (κ1) is 13.2. The first-order chi connectivity index (χ1) is 9.40. The lowest BCUT2D eigenvalue weighted by atomic mass is 9.88. The van der Waals surface area contributed by atoms with Gasteiger partial charge in [0, 0.05) is 25.5 Å². The van der Waals surface area contributed by atoms with Crippen molar-refractivity contribution in [2.45, 2.75) is 18.4 Å². The Morgan fingerprint density at radius 3 is 2.60 bits per heavy atom. The van der Waals surface area contributed by atoms with Crippen LogP contribution >= 0.6 is 0 Å². The second kappa shape index (κ2) is 4.38. The van der Waals surface area contributed by atoms with Gasteiger partial charge in [-0.25, -0.2) is 0 Å². The van der Waals surface area contributed by atoms with Crippen LogP contribution in [0.4, 0.5) is 11.4 Å². The summed E-state index contributed by atoms with van der Waals surface area (Å²) < 4.78 is 0. The van der Waals surface area contributed by atoms with E-state index in [0.717, 1.165) is 18.5 Å². The fourth-order valence-electron chi connectivity index (χ4n) is 2.92. The van der Waals surface area contributed by atoms with Crippen molar-refractivity contribution in [2.75, 3.05) is 37.8 Å². The van der Waals surface area contributed by atoms with Gasteiger partial charge in [-0.15, -0.1) is 0 Å². The number of nitrogens with zero attached hydrogens (tertiary/aromatic N) is 2. The molecule has 0 unspecified atom stereocenters. The van der Waals surface area contributed by atoms with Crippen LogP contribution in [0, 0.1) is 5.92 Å². The third kappa shape index (κ3) is 2.12. The van der Waals surface area contributed by atoms with Crippen LogP contribution < -0.4 is 10.6 Å². The number of likely N-dealkylation sites (tertiary alicyclic amines) is 1. The number of aliphatic hydroxyl groups is 1. The second-order valence-corrected chi connectivity index (χ2v) is 6.21. The standard InChI is InChI=1S/C15H21N3O2/c1-17(2)13-6-5-11(16)7-12(13)14(19)18-8-15(20,9-18)10-3-4-10/h5-7,10,20H,3-4,8-9,16H2,1-2H3. The molecule has 5 nitrogen and oxygen atoms in total. The van der Waals surface area contributed by atoms with Crippen molar-refractivity contribution in [1.82, 2.24) is 4.90 Å². The highest BCUT2D eigenvalue weighted by Crippen LogP contribution is 2.45. The monoisotopic (exact) mass is 275 g/mol. The Morgan fingerprint density at radius 1 is 1.40 bits per heavy atom. The minimum atomic E-state index is -0.645. The van der Waals surface area contributed by atoms with Gasteiger partial charge < -0.3 is 20.6 Å². The minimum Gasteiger partial charge on any atom is -0.399 e. The average molecular weight is 275 g/mol. The summed E-state index contributed by atoms with van der Waals surface area (Å²) in [5.74, 6) is 0.340. The van der Waals surface area contributed by atoms with Gasteiger partial charge in [-0.05, 0) is 37.0 Å². The van der Waals surface area contributed by atoms with E-state index in [1.165, 1.54) is 0 Å². The van der Waals surface area contributed by atoms with Crippen LogP contribution in [0.25, 0.3) is 0 Å². The highest BCUT2D eigenvalue weighted by Gasteiger charge is 2.53. The van der Waals surface area contributed by atoms with Crippen LogP contribution in [0.1, 0.15) is 23.2 Å². The number of nitrogens with two attached hydrogens (primary N) is 1. The smallest absolute Gasteiger partial charge is 0.256 e. The highest BCUT2D eigenvalue weighted by atomic mass is 16.3. The topological polar surface area (TPSA) is 69.8 Å². The Morgan fingerprint density at radius 2 is 2.05 bits per heavy atom. The molecule has 2 fully saturated rings. The zero-order chi connectivity index (χ0) is 14.5. The van der Waals surface area contributed by atoms with Gasteiger partial charge in [0.05, 0.1) is 18.7 Å². The molecule has 0 atom stereocenters. The first-order valence-electron chi connectivity index (χ1n) is 6.99. The number of hydrogen-bond acceptors (Lipinski definition) is 4. The molecule has 3 N–H and O–H groups in total. The lowest BCUT2D eigenvalue weighted by Crippen LogP contribution is -2.64. The van der Waals surface area contributed by atoms with E-state index >= 15 is 0 Å². The summed E-state index contributed by atoms with van der Waals surface area (Å²) in [5, 5.41) is 10.3. The molecule has 1 aromatic carbocycles. The zero-order valence-electron chi connectivity index (χ0n) is 12.0. The Balaban J connectivity index is 1.79. The third-order valence-corrected chi connectivity index (χ3v) is 4.29. The third-order valence-electron chi connectivity index (χ3n) is 4.29. The van der Waals surface area contributed by atoms with E-state index in [1.807, 2.05) is 25.1 Å². The number of carbonyl (C=O) groups excluding carboxylic acids is 1. The Labute approximate surface area is 119 Å². The number of rotatable bonds is 3. The van der Waals surface area contributed by atoms with Gasteiger partial charge in [-0.1, -0.05) is 0 Å². The summed E-state index contributed by atoms with van der Waals surface area (Å²) in [6, 6.07) is 5.37. The SMILES string of the molecule is CN(C)c1ccc(N)cc1C(=O)N1CC(O)(C2CC2)C1. The molecular weight excluding hydrogens is 254 g/mol. The number of carbonyl (C=O) groups is 1. The molecule has 1 saturated heterocycles. The van der Waals surface area contributed by atoms with Crippen LogP contribution in [-0.2, 0) is 0 Å². The van der Waals surface area contributed by atoms with E-state index in [0.29, 0.717) is 30.3 Å². The summed E-state index contributed by atoms with van der Waals surface area (Å²) in [4.78, 5) is 16.2. The van der Waals surface area contributed by atoms with Crippen LogP contribution in [-0.4, -0.2) is 48.7 Å². The molecule has 0 bridgehead atoms. The molecule has 3 rings (SSSR count). The van der Waals surface area contributed by atoms with Gasteiger partial charge in [0.1, 0.15) is 5.60 Å². The quantitative estimate of drug-likeness (QED) is 0.805. The fourth-order valence-corrected chi connectivity index (χ4v) is 2.92. The number of nitrogen functional groups attached to an aromatic ring is 1. The van der Waals surface area contributed by atoms with Gasteiger partial charge in [-0.3, -0.25) is 4.79 Å². The van der Waals surface area contributed by atoms with Gasteiger partial charge in [0.25, 0.3) is 5.91 Å². The van der Waals surface area contributed by atoms with E-state index in [-0.39, 0.29) is 5.91 Å². The van der Waals surface area contributed by atoms with Crippen LogP contribution in [0.5, 0.6) is 0 Å². The van der Waals surface area contributed by atoms with Crippen molar-refractivity contribution in [1.29, 1.82) is 0 Å². The van der Waals surface area contributed by atoms with E-state index < -0.39 is 5.60 Å². The second-order valence-electron chi connectivity index (χ2n) is 6.21. The summed E-state index contributed by atoms with van der Waals surface area (Å²) in [5.41, 5.74) is 7.19. The molecule has 5 heteroatoms. The minimum absolute atomic E-state index is 0.0497. The average Bonchev–Trinajstić information content (AvgIpc) is 3.18. The predicted molar refractivity (Wildman–Crippen MR) is 78.8 cm³/mol. The first-order valence-corrected chi connectivity index (χ1v) is 6.99. The lowest BCUT2D eigenvalue weighted by molar-refractivity contribution is -0.0957. The van der Waals surface area contributed by atoms with E-state index in [4.69, 9.17) is 5.73 Å². The van der Waals surface area contributed by atoms with Gasteiger partial charge in [0.2, 0.25) is 0 Å². The molecule has 0 aromatic heterocycles. The molecule has 1 aliphatic carbocycles. The van der Waals surface area contributed by atoms with Crippen molar-refractivity contribution in [3.63, 3.8) is 0 Å². The zero-order valence-corrected chi connectivity index (χ0v) is 12.0. The summed E-state index contributed by atoms with van der Waals surface area (Å²) in [6.45, 7) is 0.885. The molecule has 1 aromatic rings. The summed E-state index contributed by atoms with van der Waals surface area (Å²) in [6.07, 6.45) is 2.17. The molecule has 20 heavy (non-hydrogen) atoms. The Kier molecular flexibility index (Phi) is 2.90. The van der Waals surface area contributed by atoms with Crippen LogP contribution in [0.15, 0.2) is 18.2 Å². The maximum absolute atomic E-state index is 12.6. The van der Waals surface area contributed by atoms with Crippen molar-refractivity contribution < 1.29 is 9.90 Å². The molecular formula is C15H21N3O2. The number of amides is 1. The fraction of sp³-hybridized carbons (Fsp3) is 0.533. The molecule has 1 saturated carbocycles. The lowest BCUT2D eigenvalue weighted by Gasteiger charge is -2.47. The van der Waals surface area contributed by atoms with Crippen molar-refractivity contribution in [3.05, 3.63) is 23.8 Å². The molecule has 108 valence electrons. The van der Waals surface area contributed by atoms with Crippen LogP contribution in [0.3, 0.4) is 0 Å². The maximum Gasteiger partial charge on any atom is 0.256 e. The van der Waals surface area contributed by atoms with E-state index in [2.05, 4.69) is 0 Å². The largest absolute Gasteiger partial charge is 0.399 e. The van der Waals surface area contributed by atoms with Crippen molar-refractivity contribution >= 4 is 17.3 Å². The number of hydrogen-bond donors (Lipinski definition) is 2. The van der Waals surface area contributed by atoms with Crippen LogP contribution in [0.2, 0.25) is 0 Å². The number of benzene rings is 1. The Hall–Kier alpha value is -1.75. The molecule has 1 aliphatic heterocycles. The van der Waals surface area contributed by atoms with Crippen molar-refractivity contribution in [2.24, 2.45) is 5.92 Å². The maximum atomic E-state index is 12.6. The summed E-state index contributed by atoms with van der Waals surface area (Å²) >= 11 is 0.